The lowest BCUT2D eigenvalue weighted by atomic mass is 10.1. The van der Waals surface area contributed by atoms with Crippen LogP contribution < -0.4 is 10.1 Å². The molecule has 0 radical (unpaired) electrons. The van der Waals surface area contributed by atoms with E-state index in [4.69, 9.17) is 4.74 Å². The maximum absolute atomic E-state index is 12.3. The highest BCUT2D eigenvalue weighted by atomic mass is 16.5. The number of rotatable bonds is 10. The van der Waals surface area contributed by atoms with Gasteiger partial charge in [-0.05, 0) is 44.0 Å². The number of aryl methyl sites for hydroxylation is 1. The lowest BCUT2D eigenvalue weighted by Gasteiger charge is -2.13. The van der Waals surface area contributed by atoms with E-state index in [0.29, 0.717) is 50.1 Å². The second-order valence-electron chi connectivity index (χ2n) is 7.13. The summed E-state index contributed by atoms with van der Waals surface area (Å²) in [4.78, 5) is 37.7. The van der Waals surface area contributed by atoms with Gasteiger partial charge in [-0.3, -0.25) is 19.3 Å². The Morgan fingerprint density at radius 2 is 1.59 bits per heavy atom. The lowest BCUT2D eigenvalue weighted by Crippen LogP contribution is -2.30. The molecule has 152 valence electrons. The van der Waals surface area contributed by atoms with E-state index < -0.39 is 0 Å². The molecule has 0 aliphatic carbocycles. The molecule has 2 aromatic rings. The Labute approximate surface area is 170 Å². The number of carbonyl (C=O) groups is 3. The van der Waals surface area contributed by atoms with Gasteiger partial charge in [-0.15, -0.1) is 0 Å². The van der Waals surface area contributed by atoms with Crippen LogP contribution in [0.25, 0.3) is 0 Å². The first kappa shape index (κ1) is 20.6. The fourth-order valence-electron chi connectivity index (χ4n) is 3.26. The molecule has 0 bridgehead atoms. The highest BCUT2D eigenvalue weighted by Gasteiger charge is 2.34. The van der Waals surface area contributed by atoms with Gasteiger partial charge < -0.3 is 10.1 Å². The Kier molecular flexibility index (Phi) is 7.00. The predicted molar refractivity (Wildman–Crippen MR) is 110 cm³/mol. The molecule has 1 aliphatic heterocycles. The van der Waals surface area contributed by atoms with Crippen molar-refractivity contribution in [2.45, 2.75) is 32.6 Å². The van der Waals surface area contributed by atoms with Gasteiger partial charge in [0.1, 0.15) is 12.4 Å². The number of unbranched alkanes of at least 4 members (excludes halogenated alkanes) is 2. The van der Waals surface area contributed by atoms with E-state index in [0.717, 1.165) is 12.2 Å². The highest BCUT2D eigenvalue weighted by molar-refractivity contribution is 6.21. The van der Waals surface area contributed by atoms with Gasteiger partial charge in [-0.25, -0.2) is 0 Å². The third-order valence-corrected chi connectivity index (χ3v) is 4.88. The molecule has 29 heavy (non-hydrogen) atoms. The summed E-state index contributed by atoms with van der Waals surface area (Å²) in [6.45, 7) is 3.29. The Morgan fingerprint density at radius 1 is 0.931 bits per heavy atom. The van der Waals surface area contributed by atoms with Crippen molar-refractivity contribution in [1.29, 1.82) is 0 Å². The van der Waals surface area contributed by atoms with Gasteiger partial charge >= 0.3 is 0 Å². The number of carbonyl (C=O) groups excluding carboxylic acids is 3. The third-order valence-electron chi connectivity index (χ3n) is 4.88. The van der Waals surface area contributed by atoms with Crippen LogP contribution in [0.2, 0.25) is 0 Å². The van der Waals surface area contributed by atoms with Crippen LogP contribution in [-0.4, -0.2) is 42.3 Å². The van der Waals surface area contributed by atoms with Crippen LogP contribution in [-0.2, 0) is 4.79 Å². The van der Waals surface area contributed by atoms with Crippen molar-refractivity contribution in [1.82, 2.24) is 10.2 Å². The molecule has 0 unspecified atom stereocenters. The molecule has 3 rings (SSSR count). The van der Waals surface area contributed by atoms with Crippen molar-refractivity contribution in [3.8, 4) is 5.75 Å². The first-order valence-corrected chi connectivity index (χ1v) is 9.97. The standard InChI is InChI=1S/C23H26N2O4/c1-17-10-12-18(13-11-17)29-16-14-24-21(26)9-3-2-6-15-25-22(27)19-7-4-5-8-20(19)23(25)28/h4-5,7-8,10-13H,2-3,6,9,14-16H2,1H3,(H,24,26). The molecule has 3 amide bonds. The Hall–Kier alpha value is -3.15. The minimum atomic E-state index is -0.225. The van der Waals surface area contributed by atoms with E-state index in [2.05, 4.69) is 5.32 Å². The number of hydrogen-bond acceptors (Lipinski definition) is 4. The Morgan fingerprint density at radius 3 is 2.24 bits per heavy atom. The Bertz CT molecular complexity index is 842. The van der Waals surface area contributed by atoms with Crippen LogP contribution in [0.3, 0.4) is 0 Å². The molecule has 6 heteroatoms. The number of amides is 3. The minimum Gasteiger partial charge on any atom is -0.492 e. The largest absolute Gasteiger partial charge is 0.492 e. The summed E-state index contributed by atoms with van der Waals surface area (Å²) in [5.74, 6) is 0.324. The zero-order valence-electron chi connectivity index (χ0n) is 16.6. The number of nitrogens with one attached hydrogen (secondary N) is 1. The summed E-state index contributed by atoms with van der Waals surface area (Å²) in [6.07, 6.45) is 2.61. The predicted octanol–water partition coefficient (Wildman–Crippen LogP) is 3.35. The van der Waals surface area contributed by atoms with Crippen molar-refractivity contribution in [2.75, 3.05) is 19.7 Å². The SMILES string of the molecule is Cc1ccc(OCCNC(=O)CCCCCN2C(=O)c3ccccc3C2=O)cc1. The van der Waals surface area contributed by atoms with Gasteiger partial charge in [-0.1, -0.05) is 36.2 Å². The number of nitrogens with zero attached hydrogens (tertiary/aromatic N) is 1. The molecule has 2 aromatic carbocycles. The number of fused-ring (bicyclic) bond motifs is 1. The minimum absolute atomic E-state index is 0.0155. The van der Waals surface area contributed by atoms with E-state index in [1.807, 2.05) is 31.2 Å². The summed E-state index contributed by atoms with van der Waals surface area (Å²) in [6, 6.07) is 14.7. The smallest absolute Gasteiger partial charge is 0.261 e. The summed E-state index contributed by atoms with van der Waals surface area (Å²) >= 11 is 0. The molecular weight excluding hydrogens is 368 g/mol. The van der Waals surface area contributed by atoms with Crippen molar-refractivity contribution in [3.05, 3.63) is 65.2 Å². The monoisotopic (exact) mass is 394 g/mol. The second-order valence-corrected chi connectivity index (χ2v) is 7.13. The number of imide groups is 1. The van der Waals surface area contributed by atoms with Crippen LogP contribution in [0.4, 0.5) is 0 Å². The quantitative estimate of drug-likeness (QED) is 0.495. The van der Waals surface area contributed by atoms with Gasteiger partial charge in [-0.2, -0.15) is 0 Å². The molecule has 0 saturated carbocycles. The summed E-state index contributed by atoms with van der Waals surface area (Å²) in [5, 5.41) is 2.84. The topological polar surface area (TPSA) is 75.7 Å². The van der Waals surface area contributed by atoms with Gasteiger partial charge in [0, 0.05) is 13.0 Å². The molecule has 1 N–H and O–H groups in total. The Balaban J connectivity index is 1.26. The van der Waals surface area contributed by atoms with E-state index in [1.165, 1.54) is 10.5 Å². The summed E-state index contributed by atoms with van der Waals surface area (Å²) in [5.41, 5.74) is 2.13. The first-order chi connectivity index (χ1) is 14.1. The molecule has 6 nitrogen and oxygen atoms in total. The van der Waals surface area contributed by atoms with E-state index in [9.17, 15) is 14.4 Å². The zero-order valence-corrected chi connectivity index (χ0v) is 16.6. The lowest BCUT2D eigenvalue weighted by molar-refractivity contribution is -0.121. The average molecular weight is 394 g/mol. The molecule has 1 heterocycles. The molecule has 0 aromatic heterocycles. The molecule has 0 saturated heterocycles. The number of ether oxygens (including phenoxy) is 1. The highest BCUT2D eigenvalue weighted by Crippen LogP contribution is 2.22. The van der Waals surface area contributed by atoms with Gasteiger partial charge in [0.05, 0.1) is 17.7 Å². The van der Waals surface area contributed by atoms with Crippen molar-refractivity contribution in [3.63, 3.8) is 0 Å². The van der Waals surface area contributed by atoms with Gasteiger partial charge in [0.2, 0.25) is 5.91 Å². The van der Waals surface area contributed by atoms with Crippen LogP contribution in [0, 0.1) is 6.92 Å². The third kappa shape index (κ3) is 5.44. The molecule has 0 fully saturated rings. The summed E-state index contributed by atoms with van der Waals surface area (Å²) in [7, 11) is 0. The fraction of sp³-hybridized carbons (Fsp3) is 0.348. The van der Waals surface area contributed by atoms with E-state index in [-0.39, 0.29) is 17.7 Å². The molecule has 0 spiro atoms. The first-order valence-electron chi connectivity index (χ1n) is 9.97. The fourth-order valence-corrected chi connectivity index (χ4v) is 3.26. The van der Waals surface area contributed by atoms with Gasteiger partial charge in [0.15, 0.2) is 0 Å². The number of hydrogen-bond donors (Lipinski definition) is 1. The van der Waals surface area contributed by atoms with E-state index in [1.54, 1.807) is 24.3 Å². The van der Waals surface area contributed by atoms with Crippen LogP contribution in [0.15, 0.2) is 48.5 Å². The number of benzene rings is 2. The van der Waals surface area contributed by atoms with E-state index >= 15 is 0 Å². The van der Waals surface area contributed by atoms with Crippen molar-refractivity contribution >= 4 is 17.7 Å². The van der Waals surface area contributed by atoms with Crippen molar-refractivity contribution < 1.29 is 19.1 Å². The van der Waals surface area contributed by atoms with Crippen LogP contribution in [0.5, 0.6) is 5.75 Å². The van der Waals surface area contributed by atoms with Crippen molar-refractivity contribution in [2.24, 2.45) is 0 Å². The molecule has 0 atom stereocenters. The maximum Gasteiger partial charge on any atom is 0.261 e. The average Bonchev–Trinajstić information content (AvgIpc) is 2.97. The normalized spacial score (nSPS) is 12.8. The van der Waals surface area contributed by atoms with Crippen LogP contribution >= 0.6 is 0 Å². The zero-order chi connectivity index (χ0) is 20.6. The summed E-state index contributed by atoms with van der Waals surface area (Å²) < 4.78 is 5.57. The van der Waals surface area contributed by atoms with Crippen LogP contribution in [0.1, 0.15) is 52.0 Å². The van der Waals surface area contributed by atoms with Gasteiger partial charge in [0.25, 0.3) is 11.8 Å². The molecular formula is C23H26N2O4. The maximum atomic E-state index is 12.3. The second kappa shape index (κ2) is 9.87. The molecule has 1 aliphatic rings.